The zero-order valence-electron chi connectivity index (χ0n) is 10.3. The van der Waals surface area contributed by atoms with Crippen molar-refractivity contribution in [3.8, 4) is 16.3 Å². The van der Waals surface area contributed by atoms with E-state index >= 15 is 0 Å². The van der Waals surface area contributed by atoms with Crippen LogP contribution < -0.4 is 10.5 Å². The number of thiazole rings is 1. The van der Waals surface area contributed by atoms with Gasteiger partial charge in [0, 0.05) is 5.56 Å². The average molecular weight is 278 g/mol. The van der Waals surface area contributed by atoms with Crippen molar-refractivity contribution < 1.29 is 4.74 Å². The quantitative estimate of drug-likeness (QED) is 0.873. The molecule has 1 heterocycles. The van der Waals surface area contributed by atoms with Crippen molar-refractivity contribution in [3.05, 3.63) is 34.8 Å². The van der Waals surface area contributed by atoms with E-state index in [0.29, 0.717) is 11.6 Å². The van der Waals surface area contributed by atoms with Crippen LogP contribution in [0.1, 0.15) is 17.5 Å². The van der Waals surface area contributed by atoms with Crippen LogP contribution in [0.5, 0.6) is 5.75 Å². The number of aromatic nitrogens is 1. The molecule has 5 heteroatoms. The van der Waals surface area contributed by atoms with E-state index in [9.17, 15) is 0 Å². The third-order valence-corrected chi connectivity index (χ3v) is 3.99. The molecule has 0 spiro atoms. The summed E-state index contributed by atoms with van der Waals surface area (Å²) in [6.45, 7) is 4.53. The molecule has 0 amide bonds. The Labute approximate surface area is 116 Å². The Balaban J connectivity index is 2.39. The minimum Gasteiger partial charge on any atom is -0.494 e. The lowest BCUT2D eigenvalue weighted by molar-refractivity contribution is 0.340. The van der Waals surface area contributed by atoms with Gasteiger partial charge in [-0.2, -0.15) is 0 Å². The number of benzene rings is 1. The largest absolute Gasteiger partial charge is 0.494 e. The van der Waals surface area contributed by atoms with Gasteiger partial charge in [0.25, 0.3) is 0 Å². The summed E-state index contributed by atoms with van der Waals surface area (Å²) in [6, 6.07) is 7.87. The molecule has 0 saturated heterocycles. The summed E-state index contributed by atoms with van der Waals surface area (Å²) in [6.07, 6.45) is 0. The molecule has 0 aliphatic heterocycles. The Hall–Kier alpha value is -1.46. The molecular formula is C13H14N2OS2. The van der Waals surface area contributed by atoms with E-state index in [0.717, 1.165) is 26.9 Å². The first-order valence-electron chi connectivity index (χ1n) is 5.62. The smallest absolute Gasteiger partial charge is 0.124 e. The molecule has 0 aliphatic carbocycles. The normalized spacial score (nSPS) is 10.3. The number of thiocarbonyl (C=S) groups is 1. The first-order valence-corrected chi connectivity index (χ1v) is 6.84. The van der Waals surface area contributed by atoms with E-state index in [1.54, 1.807) is 0 Å². The van der Waals surface area contributed by atoms with Crippen molar-refractivity contribution in [2.24, 2.45) is 5.73 Å². The molecule has 2 N–H and O–H groups in total. The number of ether oxygens (including phenoxy) is 1. The maximum absolute atomic E-state index is 5.66. The third kappa shape index (κ3) is 2.68. The minimum atomic E-state index is 0.400. The molecule has 0 aliphatic rings. The van der Waals surface area contributed by atoms with E-state index in [1.807, 2.05) is 38.1 Å². The lowest BCUT2D eigenvalue weighted by atomic mass is 10.2. The summed E-state index contributed by atoms with van der Waals surface area (Å²) < 4.78 is 5.48. The molecule has 0 saturated carbocycles. The van der Waals surface area contributed by atoms with E-state index in [1.165, 1.54) is 11.3 Å². The van der Waals surface area contributed by atoms with Gasteiger partial charge in [-0.25, -0.2) is 4.98 Å². The highest BCUT2D eigenvalue weighted by molar-refractivity contribution is 7.81. The molecule has 18 heavy (non-hydrogen) atoms. The monoisotopic (exact) mass is 278 g/mol. The molecule has 0 fully saturated rings. The van der Waals surface area contributed by atoms with Crippen LogP contribution in [0, 0.1) is 6.92 Å². The lowest BCUT2D eigenvalue weighted by Crippen LogP contribution is -2.08. The molecule has 0 atom stereocenters. The Morgan fingerprint density at radius 3 is 2.89 bits per heavy atom. The topological polar surface area (TPSA) is 48.1 Å². The number of hydrogen-bond acceptors (Lipinski definition) is 4. The van der Waals surface area contributed by atoms with Crippen molar-refractivity contribution in [2.75, 3.05) is 6.61 Å². The number of hydrogen-bond donors (Lipinski definition) is 1. The Morgan fingerprint density at radius 1 is 1.50 bits per heavy atom. The maximum atomic E-state index is 5.66. The highest BCUT2D eigenvalue weighted by Crippen LogP contribution is 2.29. The van der Waals surface area contributed by atoms with E-state index < -0.39 is 0 Å². The summed E-state index contributed by atoms with van der Waals surface area (Å²) >= 11 is 6.52. The standard InChI is InChI=1S/C13H14N2OS2/c1-3-16-10-6-4-5-9(7-10)13-15-8(2)11(18-13)12(14)17/h4-7H,3H2,1-2H3,(H2,14,17). The molecule has 0 unspecified atom stereocenters. The van der Waals surface area contributed by atoms with Gasteiger partial charge in [0.05, 0.1) is 17.2 Å². The number of nitrogens with zero attached hydrogens (tertiary/aromatic N) is 1. The van der Waals surface area contributed by atoms with Crippen LogP contribution in [0.2, 0.25) is 0 Å². The van der Waals surface area contributed by atoms with E-state index in [2.05, 4.69) is 4.98 Å². The average Bonchev–Trinajstić information content (AvgIpc) is 2.72. The van der Waals surface area contributed by atoms with Gasteiger partial charge < -0.3 is 10.5 Å². The van der Waals surface area contributed by atoms with Crippen molar-refractivity contribution in [1.82, 2.24) is 4.98 Å². The molecule has 0 radical (unpaired) electrons. The fourth-order valence-corrected chi connectivity index (χ4v) is 2.82. The number of nitrogens with two attached hydrogens (primary N) is 1. The van der Waals surface area contributed by atoms with Gasteiger partial charge in [0.15, 0.2) is 0 Å². The van der Waals surface area contributed by atoms with Crippen LogP contribution in [0.25, 0.3) is 10.6 Å². The van der Waals surface area contributed by atoms with E-state index in [4.69, 9.17) is 22.7 Å². The van der Waals surface area contributed by atoms with Gasteiger partial charge in [0.2, 0.25) is 0 Å². The SMILES string of the molecule is CCOc1cccc(-c2nc(C)c(C(N)=S)s2)c1. The highest BCUT2D eigenvalue weighted by Gasteiger charge is 2.11. The van der Waals surface area contributed by atoms with Crippen LogP contribution in [-0.4, -0.2) is 16.6 Å². The minimum absolute atomic E-state index is 0.400. The maximum Gasteiger partial charge on any atom is 0.124 e. The van der Waals surface area contributed by atoms with Gasteiger partial charge in [0.1, 0.15) is 15.7 Å². The van der Waals surface area contributed by atoms with Gasteiger partial charge in [-0.15, -0.1) is 11.3 Å². The summed E-state index contributed by atoms with van der Waals surface area (Å²) in [5, 5.41) is 0.914. The Bertz CT molecular complexity index is 578. The molecule has 2 aromatic rings. The van der Waals surface area contributed by atoms with Crippen LogP contribution in [0.3, 0.4) is 0 Å². The molecule has 1 aromatic heterocycles. The molecular weight excluding hydrogens is 264 g/mol. The van der Waals surface area contributed by atoms with Crippen molar-refractivity contribution in [2.45, 2.75) is 13.8 Å². The van der Waals surface area contributed by atoms with Gasteiger partial charge in [-0.1, -0.05) is 24.4 Å². The second-order valence-electron chi connectivity index (χ2n) is 3.76. The highest BCUT2D eigenvalue weighted by atomic mass is 32.1. The second-order valence-corrected chi connectivity index (χ2v) is 5.20. The summed E-state index contributed by atoms with van der Waals surface area (Å²) in [4.78, 5) is 5.78. The first-order chi connectivity index (χ1) is 8.61. The Morgan fingerprint density at radius 2 is 2.28 bits per heavy atom. The molecule has 2 rings (SSSR count). The fraction of sp³-hybridized carbons (Fsp3) is 0.231. The van der Waals surface area contributed by atoms with Gasteiger partial charge >= 0.3 is 0 Å². The molecule has 94 valence electrons. The van der Waals surface area contributed by atoms with Crippen LogP contribution in [0.15, 0.2) is 24.3 Å². The van der Waals surface area contributed by atoms with Crippen molar-refractivity contribution in [1.29, 1.82) is 0 Å². The van der Waals surface area contributed by atoms with Crippen molar-refractivity contribution in [3.63, 3.8) is 0 Å². The zero-order valence-corrected chi connectivity index (χ0v) is 11.9. The second kappa shape index (κ2) is 5.46. The van der Waals surface area contributed by atoms with Gasteiger partial charge in [-0.3, -0.25) is 0 Å². The van der Waals surface area contributed by atoms with Crippen LogP contribution in [-0.2, 0) is 0 Å². The summed E-state index contributed by atoms with van der Waals surface area (Å²) in [5.74, 6) is 0.847. The summed E-state index contributed by atoms with van der Waals surface area (Å²) in [7, 11) is 0. The van der Waals surface area contributed by atoms with E-state index in [-0.39, 0.29) is 0 Å². The number of aryl methyl sites for hydroxylation is 1. The molecule has 0 bridgehead atoms. The molecule has 1 aromatic carbocycles. The first kappa shape index (κ1) is 13.0. The summed E-state index contributed by atoms with van der Waals surface area (Å²) in [5.41, 5.74) is 7.56. The van der Waals surface area contributed by atoms with Gasteiger partial charge in [-0.05, 0) is 26.0 Å². The predicted octanol–water partition coefficient (Wildman–Crippen LogP) is 3.15. The number of rotatable bonds is 4. The molecule has 3 nitrogen and oxygen atoms in total. The van der Waals surface area contributed by atoms with Crippen LogP contribution >= 0.6 is 23.6 Å². The predicted molar refractivity (Wildman–Crippen MR) is 79.3 cm³/mol. The van der Waals surface area contributed by atoms with Crippen molar-refractivity contribution >= 4 is 28.5 Å². The Kier molecular flexibility index (Phi) is 3.93. The van der Waals surface area contributed by atoms with Crippen LogP contribution in [0.4, 0.5) is 0 Å². The fourth-order valence-electron chi connectivity index (χ4n) is 1.63. The third-order valence-electron chi connectivity index (χ3n) is 2.41. The lowest BCUT2D eigenvalue weighted by Gasteiger charge is -2.03. The zero-order chi connectivity index (χ0) is 13.1.